The van der Waals surface area contributed by atoms with Gasteiger partial charge >= 0.3 is 0 Å². The van der Waals surface area contributed by atoms with E-state index in [9.17, 15) is 0 Å². The first kappa shape index (κ1) is 12.9. The summed E-state index contributed by atoms with van der Waals surface area (Å²) in [7, 11) is 2.04. The molecule has 0 N–H and O–H groups in total. The van der Waals surface area contributed by atoms with Crippen molar-refractivity contribution in [2.45, 2.75) is 0 Å². The van der Waals surface area contributed by atoms with Crippen molar-refractivity contribution in [3.05, 3.63) is 76.9 Å². The number of benzene rings is 2. The molecule has 98 valence electrons. The largest absolute Gasteiger partial charge is 0.212 e. The van der Waals surface area contributed by atoms with Gasteiger partial charge in [-0.05, 0) is 23.3 Å². The van der Waals surface area contributed by atoms with Crippen molar-refractivity contribution in [2.24, 2.45) is 7.05 Å². The standard InChI is InChI=1S/C18H15ClN/c1-20-12-11-15(8-7-14-5-3-2-4-6-14)17-13-16(19)9-10-18(17)20/h2-13H,1H3/q+1/b8-7+. The van der Waals surface area contributed by atoms with Crippen LogP contribution in [0.5, 0.6) is 0 Å². The maximum atomic E-state index is 6.13. The third-order valence-corrected chi connectivity index (χ3v) is 3.62. The zero-order valence-electron chi connectivity index (χ0n) is 11.3. The lowest BCUT2D eigenvalue weighted by Crippen LogP contribution is -2.28. The fourth-order valence-corrected chi connectivity index (χ4v) is 2.48. The van der Waals surface area contributed by atoms with Gasteiger partial charge in [-0.2, -0.15) is 0 Å². The molecule has 3 aromatic rings. The Hall–Kier alpha value is -2.12. The molecule has 0 fully saturated rings. The third-order valence-electron chi connectivity index (χ3n) is 3.38. The summed E-state index contributed by atoms with van der Waals surface area (Å²) < 4.78 is 2.10. The quantitative estimate of drug-likeness (QED) is 0.609. The van der Waals surface area contributed by atoms with E-state index in [1.54, 1.807) is 0 Å². The number of hydrogen-bond acceptors (Lipinski definition) is 0. The van der Waals surface area contributed by atoms with Crippen molar-refractivity contribution in [1.82, 2.24) is 0 Å². The van der Waals surface area contributed by atoms with Crippen molar-refractivity contribution in [3.63, 3.8) is 0 Å². The minimum absolute atomic E-state index is 0.762. The molecule has 0 spiro atoms. The van der Waals surface area contributed by atoms with Crippen LogP contribution in [0.15, 0.2) is 60.8 Å². The first-order chi connectivity index (χ1) is 9.74. The lowest BCUT2D eigenvalue weighted by Gasteiger charge is -2.02. The lowest BCUT2D eigenvalue weighted by molar-refractivity contribution is -0.644. The molecule has 0 aliphatic heterocycles. The second kappa shape index (κ2) is 5.48. The van der Waals surface area contributed by atoms with E-state index in [1.807, 2.05) is 37.4 Å². The number of halogens is 1. The number of aromatic nitrogens is 1. The van der Waals surface area contributed by atoms with Gasteiger partial charge in [-0.25, -0.2) is 4.57 Å². The smallest absolute Gasteiger partial charge is 0.201 e. The zero-order chi connectivity index (χ0) is 13.9. The van der Waals surface area contributed by atoms with Crippen LogP contribution < -0.4 is 4.57 Å². The first-order valence-electron chi connectivity index (χ1n) is 6.55. The van der Waals surface area contributed by atoms with Crippen LogP contribution in [0.2, 0.25) is 5.02 Å². The maximum Gasteiger partial charge on any atom is 0.212 e. The molecular formula is C18H15ClN+. The highest BCUT2D eigenvalue weighted by Crippen LogP contribution is 2.22. The lowest BCUT2D eigenvalue weighted by atomic mass is 10.1. The molecule has 0 amide bonds. The van der Waals surface area contributed by atoms with Crippen molar-refractivity contribution >= 4 is 34.7 Å². The van der Waals surface area contributed by atoms with Crippen LogP contribution in [-0.2, 0) is 7.05 Å². The van der Waals surface area contributed by atoms with Crippen LogP contribution in [0.1, 0.15) is 11.1 Å². The highest BCUT2D eigenvalue weighted by molar-refractivity contribution is 6.31. The average molecular weight is 281 g/mol. The van der Waals surface area contributed by atoms with Crippen LogP contribution >= 0.6 is 11.6 Å². The van der Waals surface area contributed by atoms with Gasteiger partial charge in [0.1, 0.15) is 7.05 Å². The molecular weight excluding hydrogens is 266 g/mol. The molecule has 1 aromatic heterocycles. The van der Waals surface area contributed by atoms with Crippen molar-refractivity contribution < 1.29 is 4.57 Å². The Bertz CT molecular complexity index is 776. The number of fused-ring (bicyclic) bond motifs is 1. The van der Waals surface area contributed by atoms with Gasteiger partial charge in [-0.15, -0.1) is 0 Å². The van der Waals surface area contributed by atoms with Crippen LogP contribution in [-0.4, -0.2) is 0 Å². The molecule has 0 aliphatic carbocycles. The normalized spacial score (nSPS) is 11.3. The van der Waals surface area contributed by atoms with Gasteiger partial charge in [0.25, 0.3) is 0 Å². The topological polar surface area (TPSA) is 3.88 Å². The van der Waals surface area contributed by atoms with Crippen molar-refractivity contribution in [2.75, 3.05) is 0 Å². The highest BCUT2D eigenvalue weighted by Gasteiger charge is 2.08. The molecule has 20 heavy (non-hydrogen) atoms. The van der Waals surface area contributed by atoms with Gasteiger partial charge < -0.3 is 0 Å². The van der Waals surface area contributed by atoms with Gasteiger partial charge in [0.05, 0.1) is 5.39 Å². The Morgan fingerprint density at radius 2 is 1.75 bits per heavy atom. The number of nitrogens with zero attached hydrogens (tertiary/aromatic N) is 1. The van der Waals surface area contributed by atoms with Crippen LogP contribution in [0.3, 0.4) is 0 Å². The van der Waals surface area contributed by atoms with Gasteiger partial charge in [-0.3, -0.25) is 0 Å². The van der Waals surface area contributed by atoms with Crippen molar-refractivity contribution in [3.8, 4) is 0 Å². The predicted octanol–water partition coefficient (Wildman–Crippen LogP) is 4.49. The summed E-state index contributed by atoms with van der Waals surface area (Å²) in [6, 6.07) is 18.4. The molecule has 0 saturated heterocycles. The summed E-state index contributed by atoms with van der Waals surface area (Å²) in [5.41, 5.74) is 3.53. The molecule has 0 atom stereocenters. The number of rotatable bonds is 2. The van der Waals surface area contributed by atoms with Crippen molar-refractivity contribution in [1.29, 1.82) is 0 Å². The first-order valence-corrected chi connectivity index (χ1v) is 6.93. The Morgan fingerprint density at radius 3 is 2.55 bits per heavy atom. The summed E-state index contributed by atoms with van der Waals surface area (Å²) in [6.45, 7) is 0. The fourth-order valence-electron chi connectivity index (χ4n) is 2.30. The SMILES string of the molecule is C[n+]1ccc(/C=C/c2ccccc2)c2cc(Cl)ccc21. The zero-order valence-corrected chi connectivity index (χ0v) is 12.0. The Morgan fingerprint density at radius 1 is 0.950 bits per heavy atom. The van der Waals surface area contributed by atoms with Gasteiger partial charge in [-0.1, -0.05) is 54.1 Å². The monoisotopic (exact) mass is 280 g/mol. The van der Waals surface area contributed by atoms with E-state index in [-0.39, 0.29) is 0 Å². The van der Waals surface area contributed by atoms with E-state index in [0.717, 1.165) is 10.4 Å². The van der Waals surface area contributed by atoms with E-state index in [2.05, 4.69) is 47.2 Å². The molecule has 0 bridgehead atoms. The summed E-state index contributed by atoms with van der Waals surface area (Å²) in [5.74, 6) is 0. The van der Waals surface area contributed by atoms with Gasteiger partial charge in [0, 0.05) is 17.2 Å². The van der Waals surface area contributed by atoms with Crippen LogP contribution in [0, 0.1) is 0 Å². The van der Waals surface area contributed by atoms with E-state index in [4.69, 9.17) is 11.6 Å². The molecule has 0 radical (unpaired) electrons. The molecule has 0 aliphatic rings. The van der Waals surface area contributed by atoms with Gasteiger partial charge in [0.15, 0.2) is 6.20 Å². The summed E-state index contributed by atoms with van der Waals surface area (Å²) >= 11 is 6.13. The Labute approximate surface area is 123 Å². The highest BCUT2D eigenvalue weighted by atomic mass is 35.5. The van der Waals surface area contributed by atoms with E-state index in [1.165, 1.54) is 16.6 Å². The molecule has 2 heteroatoms. The second-order valence-electron chi connectivity index (χ2n) is 4.79. The second-order valence-corrected chi connectivity index (χ2v) is 5.22. The molecule has 0 saturated carbocycles. The summed E-state index contributed by atoms with van der Waals surface area (Å²) in [5, 5.41) is 1.92. The van der Waals surface area contributed by atoms with E-state index >= 15 is 0 Å². The predicted molar refractivity (Wildman–Crippen MR) is 85.5 cm³/mol. The summed E-state index contributed by atoms with van der Waals surface area (Å²) in [4.78, 5) is 0. The minimum Gasteiger partial charge on any atom is -0.201 e. The molecule has 3 rings (SSSR count). The molecule has 0 unspecified atom stereocenters. The van der Waals surface area contributed by atoms with Crippen LogP contribution in [0.4, 0.5) is 0 Å². The average Bonchev–Trinajstić information content (AvgIpc) is 2.47. The van der Waals surface area contributed by atoms with Crippen LogP contribution in [0.25, 0.3) is 23.1 Å². The molecule has 1 nitrogen and oxygen atoms in total. The van der Waals surface area contributed by atoms with Gasteiger partial charge in [0.2, 0.25) is 5.52 Å². The number of aryl methyl sites for hydroxylation is 1. The van der Waals surface area contributed by atoms with E-state index in [0.29, 0.717) is 0 Å². The Balaban J connectivity index is 2.10. The molecule has 2 aromatic carbocycles. The number of pyridine rings is 1. The minimum atomic E-state index is 0.762. The summed E-state index contributed by atoms with van der Waals surface area (Å²) in [6.07, 6.45) is 6.32. The number of hydrogen-bond donors (Lipinski definition) is 0. The maximum absolute atomic E-state index is 6.13. The van der Waals surface area contributed by atoms with E-state index < -0.39 is 0 Å². The third kappa shape index (κ3) is 2.59. The Kier molecular flexibility index (Phi) is 3.53. The molecule has 1 heterocycles. The fraction of sp³-hybridized carbons (Fsp3) is 0.0556.